The van der Waals surface area contributed by atoms with Crippen LogP contribution in [0.25, 0.3) is 0 Å². The van der Waals surface area contributed by atoms with Gasteiger partial charge in [-0.25, -0.2) is 4.98 Å². The molecule has 2 N–H and O–H groups in total. The maximum Gasteiger partial charge on any atom is 0.269 e. The second kappa shape index (κ2) is 9.03. The highest BCUT2D eigenvalue weighted by molar-refractivity contribution is 5.96. The van der Waals surface area contributed by atoms with Crippen LogP contribution in [-0.2, 0) is 4.79 Å². The van der Waals surface area contributed by atoms with Gasteiger partial charge in [-0.05, 0) is 25.0 Å². The van der Waals surface area contributed by atoms with E-state index in [9.17, 15) is 9.59 Å². The summed E-state index contributed by atoms with van der Waals surface area (Å²) in [7, 11) is 3.01. The molecule has 2 aromatic rings. The van der Waals surface area contributed by atoms with Crippen molar-refractivity contribution in [2.45, 2.75) is 12.8 Å². The highest BCUT2D eigenvalue weighted by Crippen LogP contribution is 2.23. The Morgan fingerprint density at radius 1 is 1.11 bits per heavy atom. The average Bonchev–Trinajstić information content (AvgIpc) is 2.77. The van der Waals surface area contributed by atoms with Gasteiger partial charge in [0.25, 0.3) is 5.91 Å². The van der Waals surface area contributed by atoms with Crippen molar-refractivity contribution in [1.82, 2.24) is 20.8 Å². The number of benzene rings is 1. The molecule has 1 aliphatic rings. The molecule has 0 saturated carbocycles. The minimum atomic E-state index is -0.452. The largest absolute Gasteiger partial charge is 0.497 e. The first-order valence-electron chi connectivity index (χ1n) is 8.95. The molecule has 9 nitrogen and oxygen atoms in total. The van der Waals surface area contributed by atoms with Gasteiger partial charge in [0.1, 0.15) is 17.3 Å². The molecule has 1 aliphatic heterocycles. The lowest BCUT2D eigenvalue weighted by atomic mass is 9.97. The smallest absolute Gasteiger partial charge is 0.269 e. The fraction of sp³-hybridized carbons (Fsp3) is 0.368. The number of anilines is 1. The Labute approximate surface area is 163 Å². The Balaban J connectivity index is 1.58. The number of methoxy groups -OCH3 is 2. The summed E-state index contributed by atoms with van der Waals surface area (Å²) in [4.78, 5) is 35.3. The van der Waals surface area contributed by atoms with Crippen LogP contribution < -0.4 is 25.2 Å². The van der Waals surface area contributed by atoms with Gasteiger partial charge in [-0.15, -0.1) is 0 Å². The van der Waals surface area contributed by atoms with E-state index in [-0.39, 0.29) is 11.8 Å². The lowest BCUT2D eigenvalue weighted by Gasteiger charge is -2.32. The van der Waals surface area contributed by atoms with E-state index in [2.05, 4.69) is 20.8 Å². The average molecular weight is 385 g/mol. The van der Waals surface area contributed by atoms with Crippen LogP contribution in [-0.4, -0.2) is 49.1 Å². The van der Waals surface area contributed by atoms with Crippen LogP contribution in [0.4, 0.5) is 5.82 Å². The molecule has 1 fully saturated rings. The zero-order chi connectivity index (χ0) is 19.9. The van der Waals surface area contributed by atoms with Gasteiger partial charge in [0.05, 0.1) is 26.3 Å². The van der Waals surface area contributed by atoms with E-state index < -0.39 is 5.91 Å². The maximum absolute atomic E-state index is 12.5. The van der Waals surface area contributed by atoms with E-state index in [0.717, 1.165) is 25.2 Å². The lowest BCUT2D eigenvalue weighted by molar-refractivity contribution is -0.126. The normalized spacial score (nSPS) is 16.2. The molecule has 2 heterocycles. The SMILES string of the molecule is COc1cc(OC)cc(C(=O)NNC(=O)[C@H]2CCCN(c3cnccn3)C2)c1. The van der Waals surface area contributed by atoms with E-state index in [4.69, 9.17) is 9.47 Å². The fourth-order valence-electron chi connectivity index (χ4n) is 3.08. The van der Waals surface area contributed by atoms with Gasteiger partial charge in [0.15, 0.2) is 0 Å². The van der Waals surface area contributed by atoms with Crippen molar-refractivity contribution in [3.8, 4) is 11.5 Å². The summed E-state index contributed by atoms with van der Waals surface area (Å²) in [6, 6.07) is 4.80. The Hall–Kier alpha value is -3.36. The summed E-state index contributed by atoms with van der Waals surface area (Å²) in [5, 5.41) is 0. The third-order valence-corrected chi connectivity index (χ3v) is 4.58. The molecule has 28 heavy (non-hydrogen) atoms. The standard InChI is InChI=1S/C19H23N5O4/c1-27-15-8-14(9-16(10-15)28-2)19(26)23-22-18(25)13-4-3-7-24(12-13)17-11-20-5-6-21-17/h5-6,8-11,13H,3-4,7,12H2,1-2H3,(H,22,25)(H,23,26)/t13-/m0/s1. The van der Waals surface area contributed by atoms with Crippen molar-refractivity contribution < 1.29 is 19.1 Å². The lowest BCUT2D eigenvalue weighted by Crippen LogP contribution is -2.49. The molecule has 1 atom stereocenters. The number of ether oxygens (including phenoxy) is 2. The Morgan fingerprint density at radius 2 is 1.86 bits per heavy atom. The fourth-order valence-corrected chi connectivity index (χ4v) is 3.08. The van der Waals surface area contributed by atoms with Crippen molar-refractivity contribution in [3.05, 3.63) is 42.4 Å². The quantitative estimate of drug-likeness (QED) is 0.744. The molecule has 0 spiro atoms. The van der Waals surface area contributed by atoms with Gasteiger partial charge in [0, 0.05) is 37.1 Å². The Morgan fingerprint density at radius 3 is 2.50 bits per heavy atom. The number of carbonyl (C=O) groups is 2. The van der Waals surface area contributed by atoms with Crippen LogP contribution >= 0.6 is 0 Å². The van der Waals surface area contributed by atoms with Crippen LogP contribution in [0, 0.1) is 5.92 Å². The van der Waals surface area contributed by atoms with Crippen molar-refractivity contribution in [2.24, 2.45) is 5.92 Å². The van der Waals surface area contributed by atoms with Crippen LogP contribution in [0.5, 0.6) is 11.5 Å². The number of hydrogen-bond acceptors (Lipinski definition) is 7. The number of carbonyl (C=O) groups excluding carboxylic acids is 2. The topological polar surface area (TPSA) is 106 Å². The first-order chi connectivity index (χ1) is 13.6. The molecule has 0 bridgehead atoms. The molecule has 9 heteroatoms. The number of hydrazine groups is 1. The van der Waals surface area contributed by atoms with Gasteiger partial charge in [-0.1, -0.05) is 0 Å². The van der Waals surface area contributed by atoms with E-state index in [1.54, 1.807) is 36.8 Å². The second-order valence-electron chi connectivity index (χ2n) is 6.39. The van der Waals surface area contributed by atoms with Gasteiger partial charge in [-0.3, -0.25) is 25.4 Å². The van der Waals surface area contributed by atoms with Crippen molar-refractivity contribution in [1.29, 1.82) is 0 Å². The van der Waals surface area contributed by atoms with Crippen LogP contribution in [0.2, 0.25) is 0 Å². The van der Waals surface area contributed by atoms with Crippen LogP contribution in [0.15, 0.2) is 36.8 Å². The van der Waals surface area contributed by atoms with Gasteiger partial charge in [-0.2, -0.15) is 0 Å². The molecule has 1 aromatic carbocycles. The maximum atomic E-state index is 12.5. The number of aromatic nitrogens is 2. The molecular weight excluding hydrogens is 362 g/mol. The molecule has 0 unspecified atom stereocenters. The molecule has 0 aliphatic carbocycles. The molecular formula is C19H23N5O4. The highest BCUT2D eigenvalue weighted by Gasteiger charge is 2.27. The third-order valence-electron chi connectivity index (χ3n) is 4.58. The number of hydrogen-bond donors (Lipinski definition) is 2. The zero-order valence-electron chi connectivity index (χ0n) is 15.8. The van der Waals surface area contributed by atoms with Gasteiger partial charge >= 0.3 is 0 Å². The molecule has 1 saturated heterocycles. The van der Waals surface area contributed by atoms with Gasteiger partial charge < -0.3 is 14.4 Å². The summed E-state index contributed by atoms with van der Waals surface area (Å²) >= 11 is 0. The summed E-state index contributed by atoms with van der Waals surface area (Å²) < 4.78 is 10.3. The van der Waals surface area contributed by atoms with Crippen molar-refractivity contribution >= 4 is 17.6 Å². The highest BCUT2D eigenvalue weighted by atomic mass is 16.5. The van der Waals surface area contributed by atoms with Crippen LogP contribution in [0.1, 0.15) is 23.2 Å². The summed E-state index contributed by atoms with van der Waals surface area (Å²) in [6.07, 6.45) is 6.52. The minimum absolute atomic E-state index is 0.239. The number of nitrogens with one attached hydrogen (secondary N) is 2. The monoisotopic (exact) mass is 385 g/mol. The van der Waals surface area contributed by atoms with Crippen molar-refractivity contribution in [3.63, 3.8) is 0 Å². The number of amides is 2. The first-order valence-corrected chi connectivity index (χ1v) is 8.95. The molecule has 2 amide bonds. The Bertz CT molecular complexity index is 808. The predicted molar refractivity (Wildman–Crippen MR) is 102 cm³/mol. The molecule has 1 aromatic heterocycles. The first kappa shape index (κ1) is 19.4. The van der Waals surface area contributed by atoms with E-state index in [1.807, 2.05) is 4.90 Å². The van der Waals surface area contributed by atoms with E-state index in [0.29, 0.717) is 23.6 Å². The van der Waals surface area contributed by atoms with Crippen LogP contribution in [0.3, 0.4) is 0 Å². The van der Waals surface area contributed by atoms with Gasteiger partial charge in [0.2, 0.25) is 5.91 Å². The summed E-state index contributed by atoms with van der Waals surface area (Å²) in [5.74, 6) is 0.776. The second-order valence-corrected chi connectivity index (χ2v) is 6.39. The summed E-state index contributed by atoms with van der Waals surface area (Å²) in [5.41, 5.74) is 5.29. The summed E-state index contributed by atoms with van der Waals surface area (Å²) in [6.45, 7) is 1.34. The Kier molecular flexibility index (Phi) is 6.25. The number of rotatable bonds is 5. The molecule has 0 radical (unpaired) electrons. The zero-order valence-corrected chi connectivity index (χ0v) is 15.8. The number of piperidine rings is 1. The van der Waals surface area contributed by atoms with E-state index in [1.165, 1.54) is 14.2 Å². The molecule has 3 rings (SSSR count). The number of nitrogens with zero attached hydrogens (tertiary/aromatic N) is 3. The van der Waals surface area contributed by atoms with Crippen molar-refractivity contribution in [2.75, 3.05) is 32.2 Å². The predicted octanol–water partition coefficient (Wildman–Crippen LogP) is 1.17. The van der Waals surface area contributed by atoms with E-state index >= 15 is 0 Å². The molecule has 148 valence electrons. The third kappa shape index (κ3) is 4.67. The minimum Gasteiger partial charge on any atom is -0.497 e.